The molecule has 0 atom stereocenters. The van der Waals surface area contributed by atoms with Crippen molar-refractivity contribution in [2.24, 2.45) is 5.92 Å². The van der Waals surface area contributed by atoms with Gasteiger partial charge in [-0.25, -0.2) is 14.5 Å². The van der Waals surface area contributed by atoms with E-state index in [2.05, 4.69) is 10.1 Å². The molecular weight excluding hydrogens is 597 g/mol. The van der Waals surface area contributed by atoms with Gasteiger partial charge in [0.05, 0.1) is 23.9 Å². The number of methoxy groups -OCH3 is 1. The van der Waals surface area contributed by atoms with Crippen molar-refractivity contribution in [2.75, 3.05) is 20.2 Å². The average molecular weight is 627 g/mol. The maximum atomic E-state index is 13.8. The molecule has 6 rings (SSSR count). The molecule has 1 saturated carbocycles. The fraction of sp³-hybridized carbons (Fsp3) is 0.355. The van der Waals surface area contributed by atoms with E-state index in [1.807, 2.05) is 34.5 Å². The molecule has 4 aromatic rings. The molecule has 2 aliphatic rings. The number of ether oxygens (including phenoxy) is 2. The van der Waals surface area contributed by atoms with Gasteiger partial charge in [-0.05, 0) is 72.9 Å². The van der Waals surface area contributed by atoms with Crippen molar-refractivity contribution in [3.05, 3.63) is 76.4 Å². The summed E-state index contributed by atoms with van der Waals surface area (Å²) in [7, 11) is 1.58. The van der Waals surface area contributed by atoms with Gasteiger partial charge in [-0.2, -0.15) is 18.3 Å². The summed E-state index contributed by atoms with van der Waals surface area (Å²) in [6.45, 7) is 1.67. The van der Waals surface area contributed by atoms with E-state index in [1.54, 1.807) is 19.2 Å². The predicted molar refractivity (Wildman–Crippen MR) is 155 cm³/mol. The zero-order valence-corrected chi connectivity index (χ0v) is 24.5. The maximum absolute atomic E-state index is 13.8. The Hall–Kier alpha value is -4.39. The van der Waals surface area contributed by atoms with Crippen LogP contribution in [0.2, 0.25) is 0 Å². The molecule has 0 bridgehead atoms. The van der Waals surface area contributed by atoms with Crippen molar-refractivity contribution >= 4 is 23.2 Å². The van der Waals surface area contributed by atoms with Crippen LogP contribution in [0.5, 0.6) is 11.5 Å². The Morgan fingerprint density at radius 2 is 1.84 bits per heavy atom. The highest BCUT2D eigenvalue weighted by Gasteiger charge is 2.41. The van der Waals surface area contributed by atoms with Crippen molar-refractivity contribution in [1.29, 1.82) is 0 Å². The van der Waals surface area contributed by atoms with Crippen LogP contribution in [0.1, 0.15) is 58.8 Å². The van der Waals surface area contributed by atoms with Gasteiger partial charge < -0.3 is 19.5 Å². The van der Waals surface area contributed by atoms with Crippen molar-refractivity contribution in [2.45, 2.75) is 44.4 Å². The lowest BCUT2D eigenvalue weighted by atomic mass is 9.89. The number of rotatable bonds is 9. The molecule has 1 aromatic carbocycles. The number of carboxylic acids is 1. The zero-order chi connectivity index (χ0) is 31.0. The number of hydrogen-bond acceptors (Lipinski definition) is 7. The van der Waals surface area contributed by atoms with Crippen LogP contribution in [0.3, 0.4) is 0 Å². The second kappa shape index (κ2) is 11.9. The second-order valence-electron chi connectivity index (χ2n) is 10.9. The first kappa shape index (κ1) is 29.7. The number of halogens is 3. The van der Waals surface area contributed by atoms with E-state index in [-0.39, 0.29) is 18.3 Å². The summed E-state index contributed by atoms with van der Waals surface area (Å²) in [6, 6.07) is 12.3. The fourth-order valence-corrected chi connectivity index (χ4v) is 6.41. The molecule has 230 valence electrons. The standard InChI is InChI=1S/C31H29F3N4O5S/c1-42-25-15-20(18-9-12-37(13-10-18)29(39)19-5-6-19)7-8-24(25)43-17-21-11-14-44-27(21)23-3-2-4-26(36-23)38-28(31(32,33)34)22(16-35-38)30(40)41/h2-4,7-8,11,14-16,18-19H,5-6,9-10,12-13,17H2,1H3,(H,40,41). The highest BCUT2D eigenvalue weighted by molar-refractivity contribution is 7.13. The summed E-state index contributed by atoms with van der Waals surface area (Å²) >= 11 is 1.35. The molecule has 1 N–H and O–H groups in total. The van der Waals surface area contributed by atoms with E-state index in [9.17, 15) is 27.9 Å². The summed E-state index contributed by atoms with van der Waals surface area (Å²) in [6.07, 6.45) is -0.473. The first-order valence-corrected chi connectivity index (χ1v) is 15.0. The Kier molecular flexibility index (Phi) is 8.06. The third-order valence-electron chi connectivity index (χ3n) is 7.97. The smallest absolute Gasteiger partial charge is 0.434 e. The number of amides is 1. The third-order valence-corrected chi connectivity index (χ3v) is 8.95. The lowest BCUT2D eigenvalue weighted by molar-refractivity contribution is -0.143. The van der Waals surface area contributed by atoms with Crippen LogP contribution >= 0.6 is 11.3 Å². The maximum Gasteiger partial charge on any atom is 0.434 e. The number of thiophene rings is 1. The summed E-state index contributed by atoms with van der Waals surface area (Å²) in [5.74, 6) is 0.0838. The minimum absolute atomic E-state index is 0.154. The molecule has 3 aromatic heterocycles. The largest absolute Gasteiger partial charge is 0.493 e. The molecule has 0 spiro atoms. The number of alkyl halides is 3. The van der Waals surface area contributed by atoms with E-state index >= 15 is 0 Å². The molecule has 9 nitrogen and oxygen atoms in total. The van der Waals surface area contributed by atoms with E-state index in [0.29, 0.717) is 44.8 Å². The van der Waals surface area contributed by atoms with Crippen molar-refractivity contribution in [3.63, 3.8) is 0 Å². The van der Waals surface area contributed by atoms with E-state index in [4.69, 9.17) is 9.47 Å². The first-order valence-electron chi connectivity index (χ1n) is 14.2. The number of pyridine rings is 1. The van der Waals surface area contributed by atoms with Crippen LogP contribution in [0.4, 0.5) is 13.2 Å². The van der Waals surface area contributed by atoms with Gasteiger partial charge >= 0.3 is 12.1 Å². The Balaban J connectivity index is 1.17. The van der Waals surface area contributed by atoms with E-state index < -0.39 is 23.4 Å². The molecule has 1 aliphatic carbocycles. The lowest BCUT2D eigenvalue weighted by Gasteiger charge is -2.32. The molecule has 0 radical (unpaired) electrons. The Morgan fingerprint density at radius 1 is 1.07 bits per heavy atom. The Morgan fingerprint density at radius 3 is 2.52 bits per heavy atom. The predicted octanol–water partition coefficient (Wildman–Crippen LogP) is 6.42. The number of carbonyl (C=O) groups excluding carboxylic acids is 1. The summed E-state index contributed by atoms with van der Waals surface area (Å²) in [5, 5.41) is 14.8. The highest BCUT2D eigenvalue weighted by Crippen LogP contribution is 2.39. The van der Waals surface area contributed by atoms with E-state index in [0.717, 1.165) is 49.9 Å². The van der Waals surface area contributed by atoms with Crippen LogP contribution in [0.15, 0.2) is 54.0 Å². The van der Waals surface area contributed by atoms with Gasteiger partial charge in [-0.1, -0.05) is 12.1 Å². The number of hydrogen-bond donors (Lipinski definition) is 1. The van der Waals surface area contributed by atoms with Gasteiger partial charge in [0.25, 0.3) is 0 Å². The van der Waals surface area contributed by atoms with Gasteiger partial charge in [-0.3, -0.25) is 4.79 Å². The number of likely N-dealkylation sites (tertiary alicyclic amines) is 1. The number of carboxylic acid groups (broad SMARTS) is 1. The number of aromatic carboxylic acids is 1. The summed E-state index contributed by atoms with van der Waals surface area (Å²) in [4.78, 5) is 30.9. The normalized spacial score (nSPS) is 15.8. The zero-order valence-electron chi connectivity index (χ0n) is 23.7. The highest BCUT2D eigenvalue weighted by atomic mass is 32.1. The number of benzene rings is 1. The van der Waals surface area contributed by atoms with Gasteiger partial charge in [0.2, 0.25) is 5.91 Å². The van der Waals surface area contributed by atoms with Crippen LogP contribution in [-0.2, 0) is 17.6 Å². The number of aromatic nitrogens is 3. The molecule has 1 amide bonds. The average Bonchev–Trinajstić information content (AvgIpc) is 3.57. The minimum Gasteiger partial charge on any atom is -0.493 e. The molecule has 1 saturated heterocycles. The van der Waals surface area contributed by atoms with Crippen LogP contribution in [0.25, 0.3) is 16.4 Å². The lowest BCUT2D eigenvalue weighted by Crippen LogP contribution is -2.38. The van der Waals surface area contributed by atoms with Gasteiger partial charge in [0, 0.05) is 24.6 Å². The SMILES string of the molecule is COc1cc(C2CCN(C(=O)C3CC3)CC2)ccc1OCc1ccsc1-c1cccc(-n2ncc(C(=O)O)c2C(F)(F)F)n1. The second-order valence-corrected chi connectivity index (χ2v) is 11.8. The van der Waals surface area contributed by atoms with Gasteiger partial charge in [-0.15, -0.1) is 11.3 Å². The van der Waals surface area contributed by atoms with Crippen molar-refractivity contribution < 1.29 is 37.3 Å². The molecule has 1 aliphatic heterocycles. The third kappa shape index (κ3) is 6.01. The van der Waals surface area contributed by atoms with Crippen molar-refractivity contribution in [3.8, 4) is 27.9 Å². The topological polar surface area (TPSA) is 107 Å². The van der Waals surface area contributed by atoms with Crippen LogP contribution in [0, 0.1) is 5.92 Å². The quantitative estimate of drug-likeness (QED) is 0.229. The molecule has 0 unspecified atom stereocenters. The molecular formula is C31H29F3N4O5S. The van der Waals surface area contributed by atoms with Crippen molar-refractivity contribution in [1.82, 2.24) is 19.7 Å². The van der Waals surface area contributed by atoms with Crippen LogP contribution < -0.4 is 9.47 Å². The number of carbonyl (C=O) groups is 2. The molecule has 13 heteroatoms. The van der Waals surface area contributed by atoms with Gasteiger partial charge in [0.15, 0.2) is 23.0 Å². The van der Waals surface area contributed by atoms with Crippen LogP contribution in [-0.4, -0.2) is 56.8 Å². The first-order chi connectivity index (χ1) is 21.1. The number of piperidine rings is 1. The summed E-state index contributed by atoms with van der Waals surface area (Å²) in [5.41, 5.74) is -0.0688. The fourth-order valence-electron chi connectivity index (χ4n) is 5.53. The number of nitrogens with zero attached hydrogens (tertiary/aromatic N) is 4. The van der Waals surface area contributed by atoms with E-state index in [1.165, 1.54) is 17.4 Å². The Bertz CT molecular complexity index is 1690. The Labute approximate surface area is 254 Å². The van der Waals surface area contributed by atoms with Gasteiger partial charge in [0.1, 0.15) is 12.2 Å². The minimum atomic E-state index is -4.95. The molecule has 4 heterocycles. The summed E-state index contributed by atoms with van der Waals surface area (Å²) < 4.78 is 53.6. The molecule has 44 heavy (non-hydrogen) atoms. The molecule has 2 fully saturated rings. The monoisotopic (exact) mass is 626 g/mol.